The van der Waals surface area contributed by atoms with Gasteiger partial charge >= 0.3 is 0 Å². The molecule has 18 heavy (non-hydrogen) atoms. The summed E-state index contributed by atoms with van der Waals surface area (Å²) in [4.78, 5) is 0.000540. The van der Waals surface area contributed by atoms with Crippen LogP contribution in [0.4, 0.5) is 4.39 Å². The van der Waals surface area contributed by atoms with Crippen molar-refractivity contribution >= 4 is 10.1 Å². The van der Waals surface area contributed by atoms with Crippen molar-refractivity contribution in [3.63, 3.8) is 0 Å². The predicted molar refractivity (Wildman–Crippen MR) is 64.1 cm³/mol. The van der Waals surface area contributed by atoms with E-state index in [1.165, 1.54) is 12.1 Å². The van der Waals surface area contributed by atoms with Gasteiger partial charge in [-0.3, -0.25) is 4.18 Å². The van der Waals surface area contributed by atoms with E-state index < -0.39 is 22.9 Å². The molecule has 0 N–H and O–H groups in total. The van der Waals surface area contributed by atoms with Gasteiger partial charge in [0.1, 0.15) is 6.17 Å². The van der Waals surface area contributed by atoms with E-state index in [0.717, 1.165) is 5.56 Å². The molecule has 0 aliphatic heterocycles. The number of hydrogen-bond acceptors (Lipinski definition) is 4. The summed E-state index contributed by atoms with van der Waals surface area (Å²) in [5, 5.41) is 8.27. The molecule has 1 aromatic rings. The van der Waals surface area contributed by atoms with Crippen molar-refractivity contribution in [3.8, 4) is 6.07 Å². The van der Waals surface area contributed by atoms with Crippen molar-refractivity contribution in [2.24, 2.45) is 0 Å². The maximum absolute atomic E-state index is 13.2. The van der Waals surface area contributed by atoms with Crippen molar-refractivity contribution in [1.82, 2.24) is 0 Å². The van der Waals surface area contributed by atoms with E-state index in [1.807, 2.05) is 6.92 Å². The quantitative estimate of drug-likeness (QED) is 0.745. The average Bonchev–Trinajstić information content (AvgIpc) is 2.34. The van der Waals surface area contributed by atoms with E-state index in [2.05, 4.69) is 4.18 Å². The van der Waals surface area contributed by atoms with E-state index in [1.54, 1.807) is 18.2 Å². The van der Waals surface area contributed by atoms with Crippen molar-refractivity contribution in [1.29, 1.82) is 5.26 Å². The zero-order valence-electron chi connectivity index (χ0n) is 9.97. The lowest BCUT2D eigenvalue weighted by atomic mass is 10.2. The number of benzene rings is 1. The monoisotopic (exact) mass is 271 g/mol. The van der Waals surface area contributed by atoms with Gasteiger partial charge in [-0.2, -0.15) is 13.7 Å². The summed E-state index contributed by atoms with van der Waals surface area (Å²) in [6.07, 6.45) is -1.44. The first-order valence-corrected chi connectivity index (χ1v) is 6.83. The number of nitrogens with zero attached hydrogens (tertiary/aromatic N) is 1. The Hall–Kier alpha value is -1.45. The molecule has 1 atom stereocenters. The Bertz CT molecular complexity index is 519. The van der Waals surface area contributed by atoms with Gasteiger partial charge in [0.2, 0.25) is 0 Å². The first-order chi connectivity index (χ1) is 8.45. The number of hydrogen-bond donors (Lipinski definition) is 0. The third kappa shape index (κ3) is 4.43. The molecule has 0 fully saturated rings. The fourth-order valence-electron chi connectivity index (χ4n) is 1.24. The first kappa shape index (κ1) is 14.6. The second kappa shape index (κ2) is 6.47. The fourth-order valence-corrected chi connectivity index (χ4v) is 2.17. The maximum Gasteiger partial charge on any atom is 0.297 e. The van der Waals surface area contributed by atoms with Gasteiger partial charge in [0.05, 0.1) is 17.6 Å². The van der Waals surface area contributed by atoms with Gasteiger partial charge in [0, 0.05) is 6.42 Å². The van der Waals surface area contributed by atoms with Crippen LogP contribution in [0.15, 0.2) is 29.2 Å². The van der Waals surface area contributed by atoms with Gasteiger partial charge in [0.15, 0.2) is 0 Å². The third-order valence-corrected chi connectivity index (χ3v) is 3.58. The standard InChI is InChI=1S/C12H14FNO3S/c1-10-4-6-12(7-5-10)18(15,16)17-9-11(13)3-2-8-14/h4-7,11H,2-3,9H2,1H3/t11-/m1/s1. The van der Waals surface area contributed by atoms with Crippen LogP contribution in [0.2, 0.25) is 0 Å². The highest BCUT2D eigenvalue weighted by Crippen LogP contribution is 2.14. The Morgan fingerprint density at radius 2 is 2.00 bits per heavy atom. The normalized spacial score (nSPS) is 12.9. The van der Waals surface area contributed by atoms with Gasteiger partial charge in [-0.15, -0.1) is 0 Å². The van der Waals surface area contributed by atoms with Crippen LogP contribution < -0.4 is 0 Å². The minimum atomic E-state index is -3.92. The van der Waals surface area contributed by atoms with Crippen molar-refractivity contribution in [3.05, 3.63) is 29.8 Å². The second-order valence-corrected chi connectivity index (χ2v) is 5.46. The number of halogens is 1. The lowest BCUT2D eigenvalue weighted by molar-refractivity contribution is 0.193. The van der Waals surface area contributed by atoms with Crippen LogP contribution in [0.5, 0.6) is 0 Å². The summed E-state index contributed by atoms with van der Waals surface area (Å²) in [5.41, 5.74) is 0.923. The van der Waals surface area contributed by atoms with Gasteiger partial charge in [-0.25, -0.2) is 4.39 Å². The molecule has 6 heteroatoms. The largest absolute Gasteiger partial charge is 0.297 e. The molecule has 0 spiro atoms. The molecule has 0 aliphatic rings. The zero-order chi connectivity index (χ0) is 13.6. The highest BCUT2D eigenvalue weighted by molar-refractivity contribution is 7.86. The van der Waals surface area contributed by atoms with Gasteiger partial charge in [-0.1, -0.05) is 17.7 Å². The van der Waals surface area contributed by atoms with Crippen LogP contribution in [0.25, 0.3) is 0 Å². The topological polar surface area (TPSA) is 67.2 Å². The lowest BCUT2D eigenvalue weighted by Gasteiger charge is -2.08. The summed E-state index contributed by atoms with van der Waals surface area (Å²) in [6, 6.07) is 7.88. The fraction of sp³-hybridized carbons (Fsp3) is 0.417. The minimum Gasteiger partial charge on any atom is -0.263 e. The molecule has 1 aromatic carbocycles. The van der Waals surface area contributed by atoms with Crippen LogP contribution in [0.1, 0.15) is 18.4 Å². The van der Waals surface area contributed by atoms with E-state index in [0.29, 0.717) is 0 Å². The van der Waals surface area contributed by atoms with Crippen molar-refractivity contribution in [2.45, 2.75) is 30.8 Å². The lowest BCUT2D eigenvalue weighted by Crippen LogP contribution is -2.15. The van der Waals surface area contributed by atoms with E-state index in [4.69, 9.17) is 5.26 Å². The maximum atomic E-state index is 13.2. The summed E-state index contributed by atoms with van der Waals surface area (Å²) < 4.78 is 41.1. The van der Waals surface area contributed by atoms with Crippen LogP contribution in [-0.2, 0) is 14.3 Å². The number of aryl methyl sites for hydroxylation is 1. The Labute approximate surface area is 106 Å². The average molecular weight is 271 g/mol. The summed E-state index contributed by atoms with van der Waals surface area (Å²) in [7, 11) is -3.92. The zero-order valence-corrected chi connectivity index (χ0v) is 10.8. The van der Waals surface area contributed by atoms with Gasteiger partial charge < -0.3 is 0 Å². The SMILES string of the molecule is Cc1ccc(S(=O)(=O)OC[C@H](F)CCC#N)cc1. The van der Waals surface area contributed by atoms with Crippen LogP contribution in [-0.4, -0.2) is 21.2 Å². The Morgan fingerprint density at radius 1 is 1.39 bits per heavy atom. The van der Waals surface area contributed by atoms with Crippen LogP contribution >= 0.6 is 0 Å². The molecule has 0 aromatic heterocycles. The molecule has 1 rings (SSSR count). The molecule has 4 nitrogen and oxygen atoms in total. The number of nitriles is 1. The molecular formula is C12H14FNO3S. The van der Waals surface area contributed by atoms with Crippen molar-refractivity contribution in [2.75, 3.05) is 6.61 Å². The summed E-state index contributed by atoms with van der Waals surface area (Å²) in [6.45, 7) is 1.27. The van der Waals surface area contributed by atoms with Gasteiger partial charge in [-0.05, 0) is 25.5 Å². The number of alkyl halides is 1. The smallest absolute Gasteiger partial charge is 0.263 e. The van der Waals surface area contributed by atoms with E-state index >= 15 is 0 Å². The first-order valence-electron chi connectivity index (χ1n) is 5.43. The molecule has 0 saturated heterocycles. The molecule has 0 saturated carbocycles. The van der Waals surface area contributed by atoms with E-state index in [-0.39, 0.29) is 17.7 Å². The molecule has 0 amide bonds. The van der Waals surface area contributed by atoms with Gasteiger partial charge in [0.25, 0.3) is 10.1 Å². The summed E-state index contributed by atoms with van der Waals surface area (Å²) in [5.74, 6) is 0. The second-order valence-electron chi connectivity index (χ2n) is 3.85. The Morgan fingerprint density at radius 3 is 2.56 bits per heavy atom. The predicted octanol–water partition coefficient (Wildman–Crippen LogP) is 2.34. The molecule has 98 valence electrons. The summed E-state index contributed by atoms with van der Waals surface area (Å²) >= 11 is 0. The highest BCUT2D eigenvalue weighted by atomic mass is 32.2. The van der Waals surface area contributed by atoms with Crippen LogP contribution in [0, 0.1) is 18.3 Å². The molecular weight excluding hydrogens is 257 g/mol. The molecule has 0 bridgehead atoms. The Balaban J connectivity index is 2.60. The van der Waals surface area contributed by atoms with Crippen LogP contribution in [0.3, 0.4) is 0 Å². The molecule has 0 unspecified atom stereocenters. The van der Waals surface area contributed by atoms with Crippen molar-refractivity contribution < 1.29 is 17.0 Å². The number of rotatable bonds is 6. The molecule has 0 aliphatic carbocycles. The Kier molecular flexibility index (Phi) is 5.25. The third-order valence-electron chi connectivity index (χ3n) is 2.28. The molecule has 0 radical (unpaired) electrons. The minimum absolute atomic E-state index is 0.000540. The highest BCUT2D eigenvalue weighted by Gasteiger charge is 2.17. The molecule has 0 heterocycles. The van der Waals surface area contributed by atoms with E-state index in [9.17, 15) is 12.8 Å².